The number of aromatic nitrogens is 1. The van der Waals surface area contributed by atoms with E-state index in [9.17, 15) is 9.59 Å². The summed E-state index contributed by atoms with van der Waals surface area (Å²) < 4.78 is 18.6. The summed E-state index contributed by atoms with van der Waals surface area (Å²) in [6, 6.07) is 16.7. The largest absolute Gasteiger partial charge is 0.496 e. The quantitative estimate of drug-likeness (QED) is 0.236. The second kappa shape index (κ2) is 12.1. The third-order valence-corrected chi connectivity index (χ3v) is 8.14. The number of fused-ring (bicyclic) bond motifs is 1. The van der Waals surface area contributed by atoms with Gasteiger partial charge in [0.1, 0.15) is 24.1 Å². The van der Waals surface area contributed by atoms with Gasteiger partial charge >= 0.3 is 5.97 Å². The molecule has 0 bridgehead atoms. The number of carbonyl (C=O) groups is 1. The molecular weight excluding hydrogens is 607 g/mol. The first-order chi connectivity index (χ1) is 19.7. The fourth-order valence-electron chi connectivity index (χ4n) is 4.60. The summed E-state index contributed by atoms with van der Waals surface area (Å²) >= 11 is 20.0. The van der Waals surface area contributed by atoms with Crippen molar-refractivity contribution in [2.75, 3.05) is 14.2 Å². The van der Waals surface area contributed by atoms with Crippen LogP contribution >= 0.6 is 46.1 Å². The van der Waals surface area contributed by atoms with Crippen LogP contribution in [0.3, 0.4) is 0 Å². The summed E-state index contributed by atoms with van der Waals surface area (Å²) in [4.78, 5) is 32.0. The molecule has 7 nitrogen and oxygen atoms in total. The van der Waals surface area contributed by atoms with Crippen molar-refractivity contribution in [2.24, 2.45) is 4.99 Å². The van der Waals surface area contributed by atoms with Crippen molar-refractivity contribution in [2.45, 2.75) is 19.6 Å². The van der Waals surface area contributed by atoms with Crippen LogP contribution in [0.1, 0.15) is 29.7 Å². The van der Waals surface area contributed by atoms with Crippen LogP contribution in [0.15, 0.2) is 81.7 Å². The van der Waals surface area contributed by atoms with Crippen molar-refractivity contribution in [1.29, 1.82) is 0 Å². The number of ether oxygens (including phenoxy) is 3. The van der Waals surface area contributed by atoms with Crippen molar-refractivity contribution >= 4 is 58.2 Å². The second-order valence-corrected chi connectivity index (χ2v) is 11.4. The lowest BCUT2D eigenvalue weighted by Crippen LogP contribution is -2.40. The van der Waals surface area contributed by atoms with E-state index in [-0.39, 0.29) is 17.7 Å². The van der Waals surface area contributed by atoms with Crippen molar-refractivity contribution in [1.82, 2.24) is 4.57 Å². The highest BCUT2D eigenvalue weighted by Gasteiger charge is 2.35. The molecule has 1 aliphatic rings. The number of hydrogen-bond donors (Lipinski definition) is 0. The zero-order valence-corrected chi connectivity index (χ0v) is 25.2. The van der Waals surface area contributed by atoms with Gasteiger partial charge in [-0.05, 0) is 67.1 Å². The maximum atomic E-state index is 14.0. The third kappa shape index (κ3) is 5.92. The van der Waals surface area contributed by atoms with Crippen LogP contribution in [0.2, 0.25) is 15.1 Å². The maximum Gasteiger partial charge on any atom is 0.338 e. The standard InChI is InChI=1S/C30H23Cl3N2O5S/c1-16-26(29(37)39-3)27(22-14-21(33)8-10-24(22)38-2)35-28(36)25(41-30(35)34-16)13-18-12-20(32)7-9-23(18)40-15-17-5-4-6-19(31)11-17/h4-14,27H,15H2,1-3H3/b25-13-/t27-/m1/s1. The van der Waals surface area contributed by atoms with Gasteiger partial charge in [0.05, 0.1) is 30.0 Å². The van der Waals surface area contributed by atoms with Crippen LogP contribution in [0.25, 0.3) is 6.08 Å². The molecule has 41 heavy (non-hydrogen) atoms. The van der Waals surface area contributed by atoms with Crippen LogP contribution in [0.4, 0.5) is 0 Å². The Morgan fingerprint density at radius 3 is 2.41 bits per heavy atom. The summed E-state index contributed by atoms with van der Waals surface area (Å²) in [5, 5.41) is 1.50. The Balaban J connectivity index is 1.66. The Bertz CT molecular complexity index is 1880. The fourth-order valence-corrected chi connectivity index (χ4v) is 6.21. The summed E-state index contributed by atoms with van der Waals surface area (Å²) in [6.45, 7) is 1.96. The average molecular weight is 630 g/mol. The minimum atomic E-state index is -0.882. The highest BCUT2D eigenvalue weighted by molar-refractivity contribution is 7.07. The lowest BCUT2D eigenvalue weighted by molar-refractivity contribution is -0.136. The third-order valence-electron chi connectivity index (χ3n) is 6.46. The van der Waals surface area contributed by atoms with E-state index in [0.717, 1.165) is 5.56 Å². The number of carbonyl (C=O) groups excluding carboxylic acids is 1. The molecule has 5 rings (SSSR count). The monoisotopic (exact) mass is 628 g/mol. The summed E-state index contributed by atoms with van der Waals surface area (Å²) in [6.07, 6.45) is 1.70. The van der Waals surface area contributed by atoms with Crippen LogP contribution in [-0.2, 0) is 16.1 Å². The molecule has 1 aliphatic heterocycles. The van der Waals surface area contributed by atoms with E-state index in [1.54, 1.807) is 55.5 Å². The van der Waals surface area contributed by atoms with E-state index in [1.807, 2.05) is 18.2 Å². The predicted molar refractivity (Wildman–Crippen MR) is 161 cm³/mol. The van der Waals surface area contributed by atoms with Gasteiger partial charge in [0, 0.05) is 26.2 Å². The number of rotatable bonds is 7. The Labute approximate surface area is 254 Å². The zero-order chi connectivity index (χ0) is 29.3. The minimum absolute atomic E-state index is 0.209. The molecule has 210 valence electrons. The molecule has 0 spiro atoms. The number of halogens is 3. The first kappa shape index (κ1) is 29.0. The minimum Gasteiger partial charge on any atom is -0.496 e. The van der Waals surface area contributed by atoms with Crippen molar-refractivity contribution < 1.29 is 19.0 Å². The van der Waals surface area contributed by atoms with Gasteiger partial charge in [-0.2, -0.15) is 0 Å². The first-order valence-corrected chi connectivity index (χ1v) is 14.3. The second-order valence-electron chi connectivity index (χ2n) is 9.06. The lowest BCUT2D eigenvalue weighted by Gasteiger charge is -2.25. The van der Waals surface area contributed by atoms with Gasteiger partial charge in [-0.25, -0.2) is 9.79 Å². The van der Waals surface area contributed by atoms with Gasteiger partial charge in [-0.1, -0.05) is 58.3 Å². The predicted octanol–water partition coefficient (Wildman–Crippen LogP) is 5.96. The molecule has 0 aliphatic carbocycles. The molecule has 0 saturated heterocycles. The maximum absolute atomic E-state index is 14.0. The lowest BCUT2D eigenvalue weighted by atomic mass is 9.95. The molecule has 0 radical (unpaired) electrons. The highest BCUT2D eigenvalue weighted by Crippen LogP contribution is 2.37. The van der Waals surface area contributed by atoms with E-state index >= 15 is 0 Å². The Kier molecular flexibility index (Phi) is 8.56. The molecule has 2 heterocycles. The summed E-state index contributed by atoms with van der Waals surface area (Å²) in [7, 11) is 2.79. The Hall–Kier alpha value is -3.56. The fraction of sp³-hybridized carbons (Fsp3) is 0.167. The number of hydrogen-bond acceptors (Lipinski definition) is 7. The molecule has 1 atom stereocenters. The van der Waals surface area contributed by atoms with Gasteiger partial charge in [-0.3, -0.25) is 9.36 Å². The van der Waals surface area contributed by atoms with Gasteiger partial charge in [0.15, 0.2) is 4.80 Å². The average Bonchev–Trinajstić information content (AvgIpc) is 3.25. The van der Waals surface area contributed by atoms with Crippen LogP contribution in [0.5, 0.6) is 11.5 Å². The molecule has 0 fully saturated rings. The van der Waals surface area contributed by atoms with E-state index in [1.165, 1.54) is 30.1 Å². The van der Waals surface area contributed by atoms with Gasteiger partial charge in [-0.15, -0.1) is 0 Å². The topological polar surface area (TPSA) is 79.1 Å². The van der Waals surface area contributed by atoms with Crippen LogP contribution in [-0.4, -0.2) is 24.8 Å². The first-order valence-electron chi connectivity index (χ1n) is 12.3. The van der Waals surface area contributed by atoms with Crippen molar-refractivity contribution in [3.05, 3.63) is 123 Å². The van der Waals surface area contributed by atoms with Gasteiger partial charge < -0.3 is 14.2 Å². The Morgan fingerprint density at radius 1 is 1.00 bits per heavy atom. The van der Waals surface area contributed by atoms with Gasteiger partial charge in [0.25, 0.3) is 5.56 Å². The normalized spacial score (nSPS) is 14.9. The van der Waals surface area contributed by atoms with Crippen molar-refractivity contribution in [3.63, 3.8) is 0 Å². The molecular formula is C30H23Cl3N2O5S. The van der Waals surface area contributed by atoms with Crippen LogP contribution in [0, 0.1) is 0 Å². The van der Waals surface area contributed by atoms with Crippen molar-refractivity contribution in [3.8, 4) is 11.5 Å². The molecule has 4 aromatic rings. The van der Waals surface area contributed by atoms with E-state index in [2.05, 4.69) is 4.99 Å². The molecule has 0 unspecified atom stereocenters. The summed E-state index contributed by atoms with van der Waals surface area (Å²) in [5.41, 5.74) is 2.28. The number of nitrogens with zero attached hydrogens (tertiary/aromatic N) is 2. The highest BCUT2D eigenvalue weighted by atomic mass is 35.5. The number of methoxy groups -OCH3 is 2. The molecule has 11 heteroatoms. The molecule has 0 N–H and O–H groups in total. The number of allylic oxidation sites excluding steroid dienone is 1. The molecule has 3 aromatic carbocycles. The Morgan fingerprint density at radius 2 is 1.71 bits per heavy atom. The molecule has 1 aromatic heterocycles. The molecule has 0 amide bonds. The summed E-state index contributed by atoms with van der Waals surface area (Å²) in [5.74, 6) is 0.371. The van der Waals surface area contributed by atoms with E-state index in [0.29, 0.717) is 52.7 Å². The number of esters is 1. The number of thiazole rings is 1. The number of benzene rings is 3. The van der Waals surface area contributed by atoms with Gasteiger partial charge in [0.2, 0.25) is 0 Å². The van der Waals surface area contributed by atoms with E-state index in [4.69, 9.17) is 49.0 Å². The van der Waals surface area contributed by atoms with Crippen LogP contribution < -0.4 is 24.4 Å². The zero-order valence-electron chi connectivity index (χ0n) is 22.1. The smallest absolute Gasteiger partial charge is 0.338 e. The molecule has 0 saturated carbocycles. The SMILES string of the molecule is COC(=O)C1=C(C)N=c2s/c(=C\c3cc(Cl)ccc3OCc3cccc(Cl)c3)c(=O)n2[C@@H]1c1cc(Cl)ccc1OC. The van der Waals surface area contributed by atoms with E-state index < -0.39 is 12.0 Å².